The molecule has 1 heterocycles. The van der Waals surface area contributed by atoms with Gasteiger partial charge in [0.05, 0.1) is 12.7 Å². The van der Waals surface area contributed by atoms with Gasteiger partial charge >= 0.3 is 0 Å². The van der Waals surface area contributed by atoms with Gasteiger partial charge in [-0.05, 0) is 131 Å². The van der Waals surface area contributed by atoms with Crippen LogP contribution in [0.3, 0.4) is 0 Å². The van der Waals surface area contributed by atoms with Crippen LogP contribution in [-0.2, 0) is 4.74 Å². The predicted molar refractivity (Wildman–Crippen MR) is 142 cm³/mol. The predicted octanol–water partition coefficient (Wildman–Crippen LogP) is 10.2. The van der Waals surface area contributed by atoms with Crippen LogP contribution in [0.5, 0.6) is 0 Å². The number of hydrogen-bond acceptors (Lipinski definition) is 1. The summed E-state index contributed by atoms with van der Waals surface area (Å²) in [7, 11) is 0. The van der Waals surface area contributed by atoms with E-state index in [1.807, 2.05) is 0 Å². The lowest BCUT2D eigenvalue weighted by Gasteiger charge is -2.42. The highest BCUT2D eigenvalue weighted by Gasteiger charge is 2.35. The van der Waals surface area contributed by atoms with E-state index in [1.54, 1.807) is 0 Å². The standard InChI is InChI=1S/C32H54F2O/c1-3-4-23(2)26-12-14-28(15-13-26)30-18-16-29(17-19-30)27-10-7-24(8-11-27)5-6-25-9-20-31(35-22-25)21-32(33)34/h21,23-31H,3-20,22H2,1-2H3. The Morgan fingerprint density at radius 3 is 1.69 bits per heavy atom. The molecule has 1 nitrogen and oxygen atoms in total. The molecule has 0 radical (unpaired) electrons. The SMILES string of the molecule is CCCC(C)C1CCC(C2CCC(C3CCC(CCC4CCC(C=C(F)F)OC4)CC3)CC2)CC1. The highest BCUT2D eigenvalue weighted by molar-refractivity contribution is 4.92. The zero-order valence-electron chi connectivity index (χ0n) is 22.9. The summed E-state index contributed by atoms with van der Waals surface area (Å²) in [6.45, 7) is 5.52. The molecule has 0 aromatic heterocycles. The van der Waals surface area contributed by atoms with Crippen molar-refractivity contribution in [2.24, 2.45) is 47.3 Å². The maximum Gasteiger partial charge on any atom is 0.268 e. The van der Waals surface area contributed by atoms with Gasteiger partial charge in [-0.25, -0.2) is 0 Å². The van der Waals surface area contributed by atoms with E-state index in [2.05, 4.69) is 13.8 Å². The van der Waals surface area contributed by atoms with Crippen LogP contribution in [-0.4, -0.2) is 12.7 Å². The van der Waals surface area contributed by atoms with Gasteiger partial charge in [-0.15, -0.1) is 0 Å². The molecule has 4 fully saturated rings. The van der Waals surface area contributed by atoms with Crippen molar-refractivity contribution in [1.29, 1.82) is 0 Å². The lowest BCUT2D eigenvalue weighted by Crippen LogP contribution is -2.30. The third-order valence-electron chi connectivity index (χ3n) is 11.1. The maximum absolute atomic E-state index is 12.4. The fraction of sp³-hybridized carbons (Fsp3) is 0.938. The van der Waals surface area contributed by atoms with Crippen molar-refractivity contribution in [1.82, 2.24) is 0 Å². The fourth-order valence-electron chi connectivity index (χ4n) is 8.71. The van der Waals surface area contributed by atoms with Gasteiger partial charge in [0.1, 0.15) is 0 Å². The van der Waals surface area contributed by atoms with Crippen LogP contribution in [0, 0.1) is 47.3 Å². The molecule has 4 aliphatic rings. The van der Waals surface area contributed by atoms with Crippen LogP contribution < -0.4 is 0 Å². The first-order chi connectivity index (χ1) is 17.0. The normalized spacial score (nSPS) is 39.7. The van der Waals surface area contributed by atoms with Gasteiger partial charge in [0.2, 0.25) is 0 Å². The summed E-state index contributed by atoms with van der Waals surface area (Å²) in [5.74, 6) is 7.55. The number of hydrogen-bond donors (Lipinski definition) is 0. The molecular formula is C32H54F2O. The second-order valence-corrected chi connectivity index (χ2v) is 13.2. The molecule has 1 aliphatic heterocycles. The van der Waals surface area contributed by atoms with Gasteiger partial charge in [-0.2, -0.15) is 8.78 Å². The maximum atomic E-state index is 12.4. The molecule has 0 aromatic carbocycles. The summed E-state index contributed by atoms with van der Waals surface area (Å²) in [6, 6.07) is 0. The second-order valence-electron chi connectivity index (χ2n) is 13.2. The van der Waals surface area contributed by atoms with Crippen molar-refractivity contribution in [3.63, 3.8) is 0 Å². The topological polar surface area (TPSA) is 9.23 Å². The van der Waals surface area contributed by atoms with Crippen LogP contribution >= 0.6 is 0 Å². The van der Waals surface area contributed by atoms with Crippen LogP contribution in [0.1, 0.15) is 129 Å². The molecule has 1 saturated heterocycles. The van der Waals surface area contributed by atoms with Crippen LogP contribution in [0.15, 0.2) is 12.2 Å². The van der Waals surface area contributed by atoms with Gasteiger partial charge in [-0.1, -0.05) is 46.0 Å². The molecule has 3 saturated carbocycles. The Bertz CT molecular complexity index is 611. The Hall–Kier alpha value is -0.440. The van der Waals surface area contributed by atoms with Gasteiger partial charge in [0, 0.05) is 6.08 Å². The molecule has 202 valence electrons. The molecule has 35 heavy (non-hydrogen) atoms. The van der Waals surface area contributed by atoms with Gasteiger partial charge in [-0.3, -0.25) is 0 Å². The minimum atomic E-state index is -1.60. The lowest BCUT2D eigenvalue weighted by atomic mass is 9.64. The fourth-order valence-corrected chi connectivity index (χ4v) is 8.71. The molecule has 0 bridgehead atoms. The zero-order chi connectivity index (χ0) is 24.6. The van der Waals surface area contributed by atoms with E-state index in [0.717, 1.165) is 60.3 Å². The molecule has 0 amide bonds. The average Bonchev–Trinajstić information content (AvgIpc) is 2.89. The van der Waals surface area contributed by atoms with Gasteiger partial charge in [0.25, 0.3) is 6.08 Å². The van der Waals surface area contributed by atoms with Crippen LogP contribution in [0.4, 0.5) is 8.78 Å². The summed E-state index contributed by atoms with van der Waals surface area (Å²) in [4.78, 5) is 0. The van der Waals surface area contributed by atoms with E-state index < -0.39 is 6.08 Å². The number of rotatable bonds is 9. The van der Waals surface area contributed by atoms with Crippen molar-refractivity contribution in [2.45, 2.75) is 136 Å². The van der Waals surface area contributed by atoms with E-state index >= 15 is 0 Å². The second kappa shape index (κ2) is 13.9. The van der Waals surface area contributed by atoms with E-state index in [0.29, 0.717) is 12.5 Å². The van der Waals surface area contributed by atoms with Crippen molar-refractivity contribution >= 4 is 0 Å². The summed E-state index contributed by atoms with van der Waals surface area (Å²) in [5.41, 5.74) is 0. The number of ether oxygens (including phenoxy) is 1. The molecule has 3 aliphatic carbocycles. The Morgan fingerprint density at radius 1 is 0.714 bits per heavy atom. The quantitative estimate of drug-likeness (QED) is 0.311. The molecule has 3 unspecified atom stereocenters. The zero-order valence-corrected chi connectivity index (χ0v) is 22.9. The summed E-state index contributed by atoms with van der Waals surface area (Å²) in [6.07, 6.45) is 24.1. The van der Waals surface area contributed by atoms with E-state index in [1.165, 1.54) is 103 Å². The monoisotopic (exact) mass is 492 g/mol. The molecular weight excluding hydrogens is 438 g/mol. The summed E-state index contributed by atoms with van der Waals surface area (Å²) in [5, 5.41) is 0. The molecule has 0 aromatic rings. The summed E-state index contributed by atoms with van der Waals surface area (Å²) < 4.78 is 30.5. The molecule has 3 heteroatoms. The van der Waals surface area contributed by atoms with E-state index in [-0.39, 0.29) is 6.10 Å². The van der Waals surface area contributed by atoms with Crippen LogP contribution in [0.25, 0.3) is 0 Å². The first kappa shape index (κ1) is 27.6. The van der Waals surface area contributed by atoms with E-state index in [4.69, 9.17) is 4.74 Å². The highest BCUT2D eigenvalue weighted by Crippen LogP contribution is 2.47. The highest BCUT2D eigenvalue weighted by atomic mass is 19.3. The molecule has 0 spiro atoms. The Labute approximate surface area is 215 Å². The van der Waals surface area contributed by atoms with E-state index in [9.17, 15) is 8.78 Å². The van der Waals surface area contributed by atoms with Crippen molar-refractivity contribution in [3.8, 4) is 0 Å². The van der Waals surface area contributed by atoms with Crippen molar-refractivity contribution in [3.05, 3.63) is 12.2 Å². The Kier molecular flexibility index (Phi) is 11.0. The van der Waals surface area contributed by atoms with Gasteiger partial charge in [0.15, 0.2) is 0 Å². The minimum absolute atomic E-state index is 0.355. The largest absolute Gasteiger partial charge is 0.374 e. The van der Waals surface area contributed by atoms with Crippen molar-refractivity contribution < 1.29 is 13.5 Å². The first-order valence-electron chi connectivity index (χ1n) is 15.7. The Morgan fingerprint density at radius 2 is 1.20 bits per heavy atom. The first-order valence-corrected chi connectivity index (χ1v) is 15.7. The minimum Gasteiger partial charge on any atom is -0.374 e. The smallest absolute Gasteiger partial charge is 0.268 e. The van der Waals surface area contributed by atoms with Crippen LogP contribution in [0.2, 0.25) is 0 Å². The third kappa shape index (κ3) is 8.27. The third-order valence-corrected chi connectivity index (χ3v) is 11.1. The molecule has 4 rings (SSSR count). The number of halogens is 2. The Balaban J connectivity index is 1.08. The molecule has 0 N–H and O–H groups in total. The molecule has 3 atom stereocenters. The van der Waals surface area contributed by atoms with Crippen molar-refractivity contribution in [2.75, 3.05) is 6.61 Å². The summed E-state index contributed by atoms with van der Waals surface area (Å²) >= 11 is 0. The lowest BCUT2D eigenvalue weighted by molar-refractivity contribution is 0.00400. The van der Waals surface area contributed by atoms with Gasteiger partial charge < -0.3 is 4.74 Å². The average molecular weight is 493 g/mol.